The van der Waals surface area contributed by atoms with Crippen molar-refractivity contribution in [2.45, 2.75) is 19.9 Å². The molecular weight excluding hydrogens is 406 g/mol. The minimum Gasteiger partial charge on any atom is -0.335 e. The van der Waals surface area contributed by atoms with Crippen LogP contribution in [0.4, 0.5) is 0 Å². The van der Waals surface area contributed by atoms with E-state index in [9.17, 15) is 4.79 Å². The van der Waals surface area contributed by atoms with Gasteiger partial charge in [-0.15, -0.1) is 10.2 Å². The summed E-state index contributed by atoms with van der Waals surface area (Å²) in [6, 6.07) is 21.4. The number of rotatable bonds is 4. The number of thiazole rings is 1. The smallest absolute Gasteiger partial charge is 0.265 e. The normalized spacial score (nSPS) is 15.1. The number of aromatic nitrogens is 3. The summed E-state index contributed by atoms with van der Waals surface area (Å²) < 4.78 is 1.97. The molecule has 6 nitrogen and oxygen atoms in total. The number of hydrogen-bond acceptors (Lipinski definition) is 5. The molecule has 0 atom stereocenters. The van der Waals surface area contributed by atoms with Crippen molar-refractivity contribution in [3.63, 3.8) is 0 Å². The third-order valence-electron chi connectivity index (χ3n) is 6.04. The minimum absolute atomic E-state index is 0.100. The minimum atomic E-state index is 0.100. The van der Waals surface area contributed by atoms with E-state index in [-0.39, 0.29) is 11.9 Å². The van der Waals surface area contributed by atoms with Gasteiger partial charge in [-0.1, -0.05) is 72.0 Å². The quantitative estimate of drug-likeness (QED) is 0.491. The summed E-state index contributed by atoms with van der Waals surface area (Å²) in [4.78, 5) is 19.3. The first kappa shape index (κ1) is 19.9. The van der Waals surface area contributed by atoms with Gasteiger partial charge in [-0.25, -0.2) is 0 Å². The molecule has 1 aliphatic rings. The van der Waals surface area contributed by atoms with Crippen molar-refractivity contribution in [3.8, 4) is 0 Å². The van der Waals surface area contributed by atoms with Gasteiger partial charge in [0.2, 0.25) is 4.96 Å². The molecule has 31 heavy (non-hydrogen) atoms. The Bertz CT molecular complexity index is 1150. The number of fused-ring (bicyclic) bond motifs is 1. The molecule has 1 saturated heterocycles. The van der Waals surface area contributed by atoms with Gasteiger partial charge in [-0.2, -0.15) is 0 Å². The zero-order valence-corrected chi connectivity index (χ0v) is 18.5. The highest BCUT2D eigenvalue weighted by Crippen LogP contribution is 2.30. The van der Waals surface area contributed by atoms with Gasteiger partial charge in [-0.05, 0) is 25.0 Å². The molecule has 0 unspecified atom stereocenters. The van der Waals surface area contributed by atoms with Crippen LogP contribution in [0.2, 0.25) is 0 Å². The Labute approximate surface area is 185 Å². The van der Waals surface area contributed by atoms with Crippen molar-refractivity contribution in [2.24, 2.45) is 0 Å². The fraction of sp³-hybridized carbons (Fsp3) is 0.292. The zero-order chi connectivity index (χ0) is 21.4. The molecule has 1 amide bonds. The van der Waals surface area contributed by atoms with Gasteiger partial charge >= 0.3 is 0 Å². The second-order valence-electron chi connectivity index (χ2n) is 7.93. The lowest BCUT2D eigenvalue weighted by Gasteiger charge is -2.39. The molecular formula is C24H25N5OS. The maximum Gasteiger partial charge on any atom is 0.265 e. The highest BCUT2D eigenvalue weighted by Gasteiger charge is 2.30. The molecule has 0 N–H and O–H groups in total. The summed E-state index contributed by atoms with van der Waals surface area (Å²) in [5.41, 5.74) is 3.50. The van der Waals surface area contributed by atoms with Crippen molar-refractivity contribution >= 4 is 22.2 Å². The standard InChI is InChI=1S/C24H25N5OS/c1-17-22(31-24-26-25-18(2)29(17)24)23(30)28-15-13-27(14-16-28)21(19-9-5-3-6-10-19)20-11-7-4-8-12-20/h3-12,21H,13-16H2,1-2H3. The van der Waals surface area contributed by atoms with E-state index in [0.29, 0.717) is 13.1 Å². The van der Waals surface area contributed by atoms with Crippen LogP contribution in [0.5, 0.6) is 0 Å². The molecule has 4 aromatic rings. The Hall–Kier alpha value is -3.03. The van der Waals surface area contributed by atoms with Crippen LogP contribution in [0.15, 0.2) is 60.7 Å². The summed E-state index contributed by atoms with van der Waals surface area (Å²) in [5, 5.41) is 8.29. The molecule has 158 valence electrons. The lowest BCUT2D eigenvalue weighted by molar-refractivity contribution is 0.0601. The molecule has 5 rings (SSSR count). The highest BCUT2D eigenvalue weighted by atomic mass is 32.1. The Morgan fingerprint density at radius 2 is 1.45 bits per heavy atom. The topological polar surface area (TPSA) is 53.7 Å². The van der Waals surface area contributed by atoms with Crippen molar-refractivity contribution in [1.29, 1.82) is 0 Å². The van der Waals surface area contributed by atoms with Gasteiger partial charge in [0.15, 0.2) is 0 Å². The van der Waals surface area contributed by atoms with Crippen LogP contribution >= 0.6 is 11.3 Å². The SMILES string of the molecule is Cc1nnc2sc(C(=O)N3CCN(C(c4ccccc4)c4ccccc4)CC3)c(C)n12. The third-order valence-corrected chi connectivity index (χ3v) is 7.16. The molecule has 0 aliphatic carbocycles. The molecule has 1 fully saturated rings. The second-order valence-corrected chi connectivity index (χ2v) is 8.91. The van der Waals surface area contributed by atoms with Crippen LogP contribution in [0.3, 0.4) is 0 Å². The summed E-state index contributed by atoms with van der Waals surface area (Å²) in [5.74, 6) is 0.921. The molecule has 0 saturated carbocycles. The third kappa shape index (κ3) is 3.64. The molecule has 1 aliphatic heterocycles. The number of piperazine rings is 1. The van der Waals surface area contributed by atoms with Gasteiger partial charge in [0, 0.05) is 31.9 Å². The van der Waals surface area contributed by atoms with Crippen LogP contribution in [-0.2, 0) is 0 Å². The number of aryl methyl sites for hydroxylation is 2. The first-order valence-electron chi connectivity index (χ1n) is 10.6. The average molecular weight is 432 g/mol. The van der Waals surface area contributed by atoms with E-state index < -0.39 is 0 Å². The van der Waals surface area contributed by atoms with E-state index in [0.717, 1.165) is 34.4 Å². The summed E-state index contributed by atoms with van der Waals surface area (Å²) in [7, 11) is 0. The molecule has 0 radical (unpaired) electrons. The fourth-order valence-corrected chi connectivity index (χ4v) is 5.55. The maximum absolute atomic E-state index is 13.3. The van der Waals surface area contributed by atoms with E-state index in [4.69, 9.17) is 0 Å². The van der Waals surface area contributed by atoms with Crippen molar-refractivity contribution < 1.29 is 4.79 Å². The Kier molecular flexibility index (Phi) is 5.29. The lowest BCUT2D eigenvalue weighted by atomic mass is 9.96. The Morgan fingerprint density at radius 3 is 2.00 bits per heavy atom. The van der Waals surface area contributed by atoms with Gasteiger partial charge in [-0.3, -0.25) is 14.1 Å². The monoisotopic (exact) mass is 431 g/mol. The molecule has 2 aromatic carbocycles. The first-order valence-corrected chi connectivity index (χ1v) is 11.4. The molecule has 3 heterocycles. The summed E-state index contributed by atoms with van der Waals surface area (Å²) in [6.07, 6.45) is 0. The van der Waals surface area contributed by atoms with Gasteiger partial charge in [0.05, 0.1) is 6.04 Å². The van der Waals surface area contributed by atoms with Crippen LogP contribution in [0, 0.1) is 13.8 Å². The van der Waals surface area contributed by atoms with E-state index >= 15 is 0 Å². The van der Waals surface area contributed by atoms with Gasteiger partial charge < -0.3 is 4.90 Å². The Balaban J connectivity index is 1.36. The largest absolute Gasteiger partial charge is 0.335 e. The van der Waals surface area contributed by atoms with E-state index in [1.54, 1.807) is 0 Å². The molecule has 0 spiro atoms. The molecule has 2 aromatic heterocycles. The lowest BCUT2D eigenvalue weighted by Crippen LogP contribution is -2.49. The van der Waals surface area contributed by atoms with Crippen molar-refractivity contribution in [2.75, 3.05) is 26.2 Å². The van der Waals surface area contributed by atoms with Crippen LogP contribution in [0.1, 0.15) is 38.4 Å². The second kappa shape index (κ2) is 8.24. The number of carbonyl (C=O) groups excluding carboxylic acids is 1. The summed E-state index contributed by atoms with van der Waals surface area (Å²) >= 11 is 1.43. The Morgan fingerprint density at radius 1 is 0.871 bits per heavy atom. The summed E-state index contributed by atoms with van der Waals surface area (Å²) in [6.45, 7) is 6.99. The van der Waals surface area contributed by atoms with E-state index in [1.165, 1.54) is 22.5 Å². The zero-order valence-electron chi connectivity index (χ0n) is 17.7. The number of hydrogen-bond donors (Lipinski definition) is 0. The van der Waals surface area contributed by atoms with Crippen molar-refractivity contribution in [1.82, 2.24) is 24.4 Å². The number of benzene rings is 2. The molecule has 7 heteroatoms. The van der Waals surface area contributed by atoms with Crippen LogP contribution in [-0.4, -0.2) is 56.5 Å². The fourth-order valence-electron chi connectivity index (χ4n) is 4.47. The van der Waals surface area contributed by atoms with Crippen LogP contribution < -0.4 is 0 Å². The van der Waals surface area contributed by atoms with E-state index in [2.05, 4.69) is 75.8 Å². The highest BCUT2D eigenvalue weighted by molar-refractivity contribution is 7.19. The molecule has 0 bridgehead atoms. The predicted octanol–water partition coefficient (Wildman–Crippen LogP) is 3.96. The van der Waals surface area contributed by atoms with Gasteiger partial charge in [0.1, 0.15) is 10.7 Å². The van der Waals surface area contributed by atoms with Crippen molar-refractivity contribution in [3.05, 3.63) is 88.2 Å². The van der Waals surface area contributed by atoms with Gasteiger partial charge in [0.25, 0.3) is 5.91 Å². The maximum atomic E-state index is 13.3. The predicted molar refractivity (Wildman–Crippen MR) is 123 cm³/mol. The number of nitrogens with zero attached hydrogens (tertiary/aromatic N) is 5. The van der Waals surface area contributed by atoms with E-state index in [1.807, 2.05) is 23.1 Å². The average Bonchev–Trinajstić information content (AvgIpc) is 3.35. The number of amides is 1. The number of carbonyl (C=O) groups is 1. The first-order chi connectivity index (χ1) is 15.1. The van der Waals surface area contributed by atoms with Crippen LogP contribution in [0.25, 0.3) is 4.96 Å².